The molecule has 0 bridgehead atoms. The minimum absolute atomic E-state index is 0.0700. The lowest BCUT2D eigenvalue weighted by atomic mass is 10.0. The highest BCUT2D eigenvalue weighted by Crippen LogP contribution is 2.31. The van der Waals surface area contributed by atoms with Crippen molar-refractivity contribution in [2.24, 2.45) is 0 Å². The molecule has 13 heteroatoms. The number of carboxylic acid groups (broad SMARTS) is 1. The number of hydrogen-bond acceptors (Lipinski definition) is 8. The average molecular weight is 575 g/mol. The van der Waals surface area contributed by atoms with Crippen molar-refractivity contribution in [3.05, 3.63) is 65.5 Å². The molecule has 0 radical (unpaired) electrons. The number of amides is 4. The van der Waals surface area contributed by atoms with Crippen LogP contribution < -0.4 is 25.2 Å². The number of aliphatic carboxylic acids is 1. The normalized spacial score (nSPS) is 14.9. The van der Waals surface area contributed by atoms with Gasteiger partial charge in [0.1, 0.15) is 11.4 Å². The zero-order chi connectivity index (χ0) is 29.8. The van der Waals surface area contributed by atoms with E-state index in [-0.39, 0.29) is 42.7 Å². The Morgan fingerprint density at radius 1 is 0.881 bits per heavy atom. The molecule has 4 amide bonds. The third-order valence-electron chi connectivity index (χ3n) is 7.16. The van der Waals surface area contributed by atoms with Crippen molar-refractivity contribution in [3.8, 4) is 11.4 Å². The monoisotopic (exact) mass is 574 g/mol. The van der Waals surface area contributed by atoms with Gasteiger partial charge in [-0.05, 0) is 67.8 Å². The summed E-state index contributed by atoms with van der Waals surface area (Å²) < 4.78 is 6.62. The predicted octanol–water partition coefficient (Wildman–Crippen LogP) is 1.53. The van der Waals surface area contributed by atoms with Crippen LogP contribution in [0.5, 0.6) is 5.75 Å². The number of anilines is 2. The largest absolute Gasteiger partial charge is 0.497 e. The Labute approximate surface area is 241 Å². The second kappa shape index (κ2) is 12.2. The number of hydrogen-bond donors (Lipinski definition) is 3. The quantitative estimate of drug-likeness (QED) is 0.344. The number of piperidine rings is 1. The SMILES string of the molecule is COc1ccc(-n2nc(C(=O)NC(=O)CNCC(=O)O)c3c2C(=O)N(c2ccc(N4CCCCC4=O)cc2)CC3)cc1. The Morgan fingerprint density at radius 2 is 1.55 bits per heavy atom. The summed E-state index contributed by atoms with van der Waals surface area (Å²) in [5.74, 6) is -2.37. The molecule has 1 saturated heterocycles. The van der Waals surface area contributed by atoms with Crippen LogP contribution in [0.2, 0.25) is 0 Å². The van der Waals surface area contributed by atoms with E-state index in [1.807, 2.05) is 12.1 Å². The average Bonchev–Trinajstić information content (AvgIpc) is 3.38. The van der Waals surface area contributed by atoms with Gasteiger partial charge in [-0.3, -0.25) is 34.6 Å². The molecule has 1 fully saturated rings. The van der Waals surface area contributed by atoms with E-state index < -0.39 is 24.3 Å². The van der Waals surface area contributed by atoms with E-state index in [4.69, 9.17) is 9.84 Å². The number of nitrogens with zero attached hydrogens (tertiary/aromatic N) is 4. The molecule has 1 aromatic heterocycles. The summed E-state index contributed by atoms with van der Waals surface area (Å²) >= 11 is 0. The number of carboxylic acids is 1. The van der Waals surface area contributed by atoms with E-state index in [0.717, 1.165) is 18.5 Å². The molecule has 0 atom stereocenters. The van der Waals surface area contributed by atoms with Crippen molar-refractivity contribution in [2.75, 3.05) is 43.1 Å². The van der Waals surface area contributed by atoms with Gasteiger partial charge in [-0.1, -0.05) is 0 Å². The summed E-state index contributed by atoms with van der Waals surface area (Å²) in [5.41, 5.74) is 2.43. The fraction of sp³-hybridized carbons (Fsp3) is 0.310. The third-order valence-corrected chi connectivity index (χ3v) is 7.16. The van der Waals surface area contributed by atoms with Gasteiger partial charge < -0.3 is 19.6 Å². The Bertz CT molecular complexity index is 1530. The van der Waals surface area contributed by atoms with Gasteiger partial charge in [0.15, 0.2) is 5.69 Å². The minimum atomic E-state index is -1.14. The zero-order valence-corrected chi connectivity index (χ0v) is 23.0. The Morgan fingerprint density at radius 3 is 2.19 bits per heavy atom. The maximum atomic E-state index is 13.9. The van der Waals surface area contributed by atoms with E-state index in [1.54, 1.807) is 46.2 Å². The molecule has 13 nitrogen and oxygen atoms in total. The topological polar surface area (TPSA) is 163 Å². The minimum Gasteiger partial charge on any atom is -0.497 e. The smallest absolute Gasteiger partial charge is 0.317 e. The highest BCUT2D eigenvalue weighted by molar-refractivity contribution is 6.11. The molecule has 2 aliphatic rings. The number of nitrogens with one attached hydrogen (secondary N) is 2. The summed E-state index contributed by atoms with van der Waals surface area (Å²) in [6.45, 7) is 0.0959. The molecule has 2 aromatic carbocycles. The van der Waals surface area contributed by atoms with Gasteiger partial charge in [0.2, 0.25) is 11.8 Å². The van der Waals surface area contributed by atoms with Crippen molar-refractivity contribution in [1.29, 1.82) is 0 Å². The lowest BCUT2D eigenvalue weighted by Gasteiger charge is -2.29. The van der Waals surface area contributed by atoms with Crippen LogP contribution in [0, 0.1) is 0 Å². The van der Waals surface area contributed by atoms with E-state index in [0.29, 0.717) is 35.7 Å². The molecule has 218 valence electrons. The first-order valence-electron chi connectivity index (χ1n) is 13.5. The first kappa shape index (κ1) is 28.5. The number of benzene rings is 2. The first-order valence-corrected chi connectivity index (χ1v) is 13.5. The van der Waals surface area contributed by atoms with Crippen LogP contribution in [0.25, 0.3) is 5.69 Å². The Hall–Kier alpha value is -5.04. The molecular weight excluding hydrogens is 544 g/mol. The van der Waals surface area contributed by atoms with Crippen LogP contribution in [0.3, 0.4) is 0 Å². The van der Waals surface area contributed by atoms with Crippen LogP contribution in [0.4, 0.5) is 11.4 Å². The lowest BCUT2D eigenvalue weighted by molar-refractivity contribution is -0.136. The second-order valence-electron chi connectivity index (χ2n) is 9.89. The lowest BCUT2D eigenvalue weighted by Crippen LogP contribution is -2.41. The molecule has 3 aromatic rings. The summed E-state index contributed by atoms with van der Waals surface area (Å²) in [5, 5.41) is 17.8. The standard InChI is InChI=1S/C29H30N6O7/c1-42-21-11-9-20(10-12-21)35-27-22(26(32-35)28(40)31-23(36)16-30-17-25(38)39)13-15-34(29(27)41)19-7-5-18(6-8-19)33-14-3-2-4-24(33)37/h5-12,30H,2-4,13-17H2,1H3,(H,38,39)(H,31,36,40). The van der Waals surface area contributed by atoms with E-state index in [1.165, 1.54) is 11.8 Å². The molecule has 5 rings (SSSR count). The number of rotatable bonds is 9. The number of imide groups is 1. The van der Waals surface area contributed by atoms with E-state index in [9.17, 15) is 24.0 Å². The number of carbonyl (C=O) groups excluding carboxylic acids is 4. The molecule has 42 heavy (non-hydrogen) atoms. The fourth-order valence-corrected chi connectivity index (χ4v) is 5.10. The third kappa shape index (κ3) is 5.86. The van der Waals surface area contributed by atoms with Gasteiger partial charge in [0.05, 0.1) is 25.9 Å². The van der Waals surface area contributed by atoms with E-state index in [2.05, 4.69) is 15.7 Å². The van der Waals surface area contributed by atoms with Crippen LogP contribution in [0.1, 0.15) is 45.8 Å². The van der Waals surface area contributed by atoms with Crippen molar-refractivity contribution in [3.63, 3.8) is 0 Å². The fourth-order valence-electron chi connectivity index (χ4n) is 5.10. The molecule has 0 aliphatic carbocycles. The number of fused-ring (bicyclic) bond motifs is 1. The predicted molar refractivity (Wildman–Crippen MR) is 151 cm³/mol. The summed E-state index contributed by atoms with van der Waals surface area (Å²) in [7, 11) is 1.53. The Kier molecular flexibility index (Phi) is 8.29. The van der Waals surface area contributed by atoms with E-state index >= 15 is 0 Å². The number of carbonyl (C=O) groups is 5. The molecule has 0 unspecified atom stereocenters. The van der Waals surface area contributed by atoms with Crippen molar-refractivity contribution >= 4 is 41.0 Å². The van der Waals surface area contributed by atoms with Gasteiger partial charge in [-0.15, -0.1) is 0 Å². The number of aromatic nitrogens is 2. The molecule has 3 N–H and O–H groups in total. The van der Waals surface area contributed by atoms with Crippen molar-refractivity contribution in [1.82, 2.24) is 20.4 Å². The summed E-state index contributed by atoms with van der Waals surface area (Å²) in [4.78, 5) is 65.7. The molecule has 2 aliphatic heterocycles. The first-order chi connectivity index (χ1) is 20.3. The van der Waals surface area contributed by atoms with Crippen LogP contribution in [-0.2, 0) is 20.8 Å². The summed E-state index contributed by atoms with van der Waals surface area (Å²) in [6.07, 6.45) is 2.63. The number of methoxy groups -OCH3 is 1. The maximum Gasteiger partial charge on any atom is 0.317 e. The highest BCUT2D eigenvalue weighted by Gasteiger charge is 2.35. The maximum absolute atomic E-state index is 13.9. The van der Waals surface area contributed by atoms with Crippen molar-refractivity contribution in [2.45, 2.75) is 25.7 Å². The Balaban J connectivity index is 1.44. The second-order valence-corrected chi connectivity index (χ2v) is 9.89. The van der Waals surface area contributed by atoms with Gasteiger partial charge in [0.25, 0.3) is 11.8 Å². The highest BCUT2D eigenvalue weighted by atomic mass is 16.5. The summed E-state index contributed by atoms with van der Waals surface area (Å²) in [6, 6.07) is 14.0. The van der Waals surface area contributed by atoms with Gasteiger partial charge in [-0.2, -0.15) is 5.10 Å². The molecular formula is C29H30N6O7. The van der Waals surface area contributed by atoms with Gasteiger partial charge >= 0.3 is 5.97 Å². The van der Waals surface area contributed by atoms with Gasteiger partial charge in [0, 0.05) is 36.4 Å². The van der Waals surface area contributed by atoms with Crippen LogP contribution >= 0.6 is 0 Å². The van der Waals surface area contributed by atoms with Gasteiger partial charge in [-0.25, -0.2) is 4.68 Å². The zero-order valence-electron chi connectivity index (χ0n) is 23.0. The van der Waals surface area contributed by atoms with Crippen LogP contribution in [-0.4, -0.2) is 77.8 Å². The molecule has 3 heterocycles. The van der Waals surface area contributed by atoms with Crippen LogP contribution in [0.15, 0.2) is 48.5 Å². The van der Waals surface area contributed by atoms with Crippen molar-refractivity contribution < 1.29 is 33.8 Å². The number of ether oxygens (including phenoxy) is 1. The molecule has 0 spiro atoms. The molecule has 0 saturated carbocycles.